The Morgan fingerprint density at radius 3 is 2.72 bits per heavy atom. The first-order valence-electron chi connectivity index (χ1n) is 6.29. The van der Waals surface area contributed by atoms with Gasteiger partial charge in [-0.1, -0.05) is 0 Å². The molecule has 0 radical (unpaired) electrons. The van der Waals surface area contributed by atoms with E-state index >= 15 is 0 Å². The number of rotatable bonds is 0. The van der Waals surface area contributed by atoms with Gasteiger partial charge in [0.1, 0.15) is 5.60 Å². The standard InChI is InChI=1S/C14H21NO2S/c1-13(2,3)17-12(16)15-8-6-10-7-9-18-11(10)14(15,4)5/h7,9H,6,8H2,1-5H3. The summed E-state index contributed by atoms with van der Waals surface area (Å²) in [6.07, 6.45) is 0.702. The Hall–Kier alpha value is -1.03. The van der Waals surface area contributed by atoms with Crippen LogP contribution in [0.25, 0.3) is 0 Å². The number of nitrogens with zero attached hydrogens (tertiary/aromatic N) is 1. The van der Waals surface area contributed by atoms with Crippen molar-refractivity contribution < 1.29 is 9.53 Å². The van der Waals surface area contributed by atoms with E-state index in [9.17, 15) is 4.79 Å². The van der Waals surface area contributed by atoms with Gasteiger partial charge in [-0.2, -0.15) is 0 Å². The lowest BCUT2D eigenvalue weighted by Crippen LogP contribution is -2.50. The van der Waals surface area contributed by atoms with Crippen molar-refractivity contribution in [1.82, 2.24) is 4.90 Å². The van der Waals surface area contributed by atoms with Crippen LogP contribution >= 0.6 is 11.3 Å². The van der Waals surface area contributed by atoms with E-state index in [2.05, 4.69) is 25.3 Å². The molecule has 0 spiro atoms. The Morgan fingerprint density at radius 2 is 2.11 bits per heavy atom. The average Bonchev–Trinajstić information content (AvgIpc) is 2.63. The monoisotopic (exact) mass is 267 g/mol. The second-order valence-electron chi connectivity index (χ2n) is 6.22. The maximum Gasteiger partial charge on any atom is 0.411 e. The summed E-state index contributed by atoms with van der Waals surface area (Å²) in [4.78, 5) is 15.4. The zero-order valence-electron chi connectivity index (χ0n) is 11.7. The minimum absolute atomic E-state index is 0.216. The molecule has 0 saturated heterocycles. The van der Waals surface area contributed by atoms with Crippen molar-refractivity contribution in [3.8, 4) is 0 Å². The van der Waals surface area contributed by atoms with Crippen molar-refractivity contribution in [2.75, 3.05) is 6.54 Å². The summed E-state index contributed by atoms with van der Waals surface area (Å²) in [6.45, 7) is 10.6. The minimum Gasteiger partial charge on any atom is -0.444 e. The van der Waals surface area contributed by atoms with Gasteiger partial charge < -0.3 is 4.74 Å². The molecule has 0 aromatic carbocycles. The summed E-state index contributed by atoms with van der Waals surface area (Å²) < 4.78 is 5.50. The predicted octanol–water partition coefficient (Wildman–Crippen LogP) is 3.78. The van der Waals surface area contributed by atoms with Crippen molar-refractivity contribution in [3.05, 3.63) is 21.9 Å². The van der Waals surface area contributed by atoms with Crippen LogP contribution in [-0.4, -0.2) is 23.1 Å². The van der Waals surface area contributed by atoms with Crippen molar-refractivity contribution in [3.63, 3.8) is 0 Å². The van der Waals surface area contributed by atoms with E-state index in [0.717, 1.165) is 13.0 Å². The lowest BCUT2D eigenvalue weighted by Gasteiger charge is -2.42. The van der Waals surface area contributed by atoms with Gasteiger partial charge in [0.15, 0.2) is 0 Å². The third-order valence-corrected chi connectivity index (χ3v) is 4.47. The van der Waals surface area contributed by atoms with E-state index in [1.54, 1.807) is 11.3 Å². The summed E-state index contributed by atoms with van der Waals surface area (Å²) in [6, 6.07) is 2.16. The predicted molar refractivity (Wildman–Crippen MR) is 74.0 cm³/mol. The maximum atomic E-state index is 12.3. The first-order chi connectivity index (χ1) is 8.22. The van der Waals surface area contributed by atoms with Gasteiger partial charge in [0.25, 0.3) is 0 Å². The molecule has 1 aromatic rings. The van der Waals surface area contributed by atoms with Crippen LogP contribution in [0.15, 0.2) is 11.4 Å². The fourth-order valence-electron chi connectivity index (χ4n) is 2.34. The molecule has 100 valence electrons. The van der Waals surface area contributed by atoms with Gasteiger partial charge in [0, 0.05) is 11.4 Å². The second kappa shape index (κ2) is 4.26. The smallest absolute Gasteiger partial charge is 0.411 e. The van der Waals surface area contributed by atoms with E-state index in [4.69, 9.17) is 4.74 Å². The Kier molecular flexibility index (Phi) is 3.18. The van der Waals surface area contributed by atoms with Gasteiger partial charge in [0.2, 0.25) is 0 Å². The van der Waals surface area contributed by atoms with Crippen LogP contribution in [0.1, 0.15) is 45.1 Å². The minimum atomic E-state index is -0.442. The number of amides is 1. The Bertz CT molecular complexity index is 457. The molecule has 3 nitrogen and oxygen atoms in total. The van der Waals surface area contributed by atoms with Crippen molar-refractivity contribution in [1.29, 1.82) is 0 Å². The molecule has 0 N–H and O–H groups in total. The van der Waals surface area contributed by atoms with Gasteiger partial charge in [-0.3, -0.25) is 4.90 Å². The number of carbonyl (C=O) groups excluding carboxylic acids is 1. The quantitative estimate of drug-likeness (QED) is 0.716. The summed E-state index contributed by atoms with van der Waals surface area (Å²) in [7, 11) is 0. The number of ether oxygens (including phenoxy) is 1. The Balaban J connectivity index is 2.24. The fourth-order valence-corrected chi connectivity index (χ4v) is 3.43. The molecular formula is C14H21NO2S. The lowest BCUT2D eigenvalue weighted by molar-refractivity contribution is 0.000545. The van der Waals surface area contributed by atoms with Gasteiger partial charge >= 0.3 is 6.09 Å². The summed E-state index contributed by atoms with van der Waals surface area (Å²) in [5.41, 5.74) is 0.650. The highest BCUT2D eigenvalue weighted by atomic mass is 32.1. The van der Waals surface area contributed by atoms with E-state index in [1.807, 2.05) is 25.7 Å². The zero-order chi connectivity index (χ0) is 13.6. The van der Waals surface area contributed by atoms with Gasteiger partial charge in [-0.15, -0.1) is 11.3 Å². The third-order valence-electron chi connectivity index (χ3n) is 3.20. The highest BCUT2D eigenvalue weighted by Crippen LogP contribution is 2.39. The number of fused-ring (bicyclic) bond motifs is 1. The van der Waals surface area contributed by atoms with E-state index in [-0.39, 0.29) is 11.6 Å². The zero-order valence-corrected chi connectivity index (χ0v) is 12.6. The Morgan fingerprint density at radius 1 is 1.44 bits per heavy atom. The normalized spacial score (nSPS) is 18.4. The van der Waals surface area contributed by atoms with Crippen molar-refractivity contribution in [2.45, 2.75) is 52.2 Å². The molecule has 0 aliphatic carbocycles. The van der Waals surface area contributed by atoms with Gasteiger partial charge in [-0.05, 0) is 58.0 Å². The van der Waals surface area contributed by atoms with Crippen molar-refractivity contribution in [2.24, 2.45) is 0 Å². The lowest BCUT2D eigenvalue weighted by atomic mass is 9.91. The van der Waals surface area contributed by atoms with Crippen LogP contribution in [0.5, 0.6) is 0 Å². The number of thiophene rings is 1. The summed E-state index contributed by atoms with van der Waals surface area (Å²) >= 11 is 1.72. The molecule has 0 fully saturated rings. The SMILES string of the molecule is CC(C)(C)OC(=O)N1CCc2ccsc2C1(C)C. The van der Waals surface area contributed by atoms with Crippen LogP contribution in [0.4, 0.5) is 4.79 Å². The molecule has 1 aromatic heterocycles. The van der Waals surface area contributed by atoms with Gasteiger partial charge in [-0.25, -0.2) is 4.79 Å². The topological polar surface area (TPSA) is 29.5 Å². The second-order valence-corrected chi connectivity index (χ2v) is 7.13. The van der Waals surface area contributed by atoms with Crippen LogP contribution in [0, 0.1) is 0 Å². The molecule has 0 atom stereocenters. The number of carbonyl (C=O) groups is 1. The molecule has 1 aliphatic rings. The molecule has 0 bridgehead atoms. The molecule has 18 heavy (non-hydrogen) atoms. The molecule has 4 heteroatoms. The van der Waals surface area contributed by atoms with E-state index < -0.39 is 5.60 Å². The summed E-state index contributed by atoms with van der Waals surface area (Å²) in [5, 5.41) is 2.10. The molecule has 0 saturated carbocycles. The molecule has 1 aliphatic heterocycles. The third kappa shape index (κ3) is 2.39. The first kappa shape index (κ1) is 13.4. The molecule has 2 rings (SSSR count). The molecular weight excluding hydrogens is 246 g/mol. The fraction of sp³-hybridized carbons (Fsp3) is 0.643. The highest BCUT2D eigenvalue weighted by molar-refractivity contribution is 7.10. The van der Waals surface area contributed by atoms with Crippen molar-refractivity contribution >= 4 is 17.4 Å². The van der Waals surface area contributed by atoms with E-state index in [0.29, 0.717) is 0 Å². The number of hydrogen-bond acceptors (Lipinski definition) is 3. The molecule has 0 unspecified atom stereocenters. The first-order valence-corrected chi connectivity index (χ1v) is 7.17. The van der Waals surface area contributed by atoms with Gasteiger partial charge in [0.05, 0.1) is 5.54 Å². The van der Waals surface area contributed by atoms with Crippen LogP contribution in [-0.2, 0) is 16.7 Å². The largest absolute Gasteiger partial charge is 0.444 e. The number of hydrogen-bond donors (Lipinski definition) is 0. The van der Waals surface area contributed by atoms with Crippen LogP contribution in [0.3, 0.4) is 0 Å². The molecule has 2 heterocycles. The molecule has 1 amide bonds. The van der Waals surface area contributed by atoms with Crippen LogP contribution in [0.2, 0.25) is 0 Å². The van der Waals surface area contributed by atoms with Crippen LogP contribution < -0.4 is 0 Å². The average molecular weight is 267 g/mol. The highest BCUT2D eigenvalue weighted by Gasteiger charge is 2.40. The maximum absolute atomic E-state index is 12.3. The van der Waals surface area contributed by atoms with E-state index in [1.165, 1.54) is 10.4 Å². The summed E-state index contributed by atoms with van der Waals surface area (Å²) in [5.74, 6) is 0. The Labute approximate surface area is 113 Å².